The van der Waals surface area contributed by atoms with E-state index >= 15 is 0 Å². The zero-order chi connectivity index (χ0) is 13.1. The van der Waals surface area contributed by atoms with Crippen LogP contribution in [0.25, 0.3) is 0 Å². The molecule has 1 saturated carbocycles. The fraction of sp³-hybridized carbons (Fsp3) is 0.688. The van der Waals surface area contributed by atoms with Crippen LogP contribution in [0.15, 0.2) is 23.3 Å². The first kappa shape index (κ1) is 12.0. The third kappa shape index (κ3) is 1.38. The van der Waals surface area contributed by atoms with E-state index in [-0.39, 0.29) is 22.9 Å². The van der Waals surface area contributed by atoms with Crippen molar-refractivity contribution < 1.29 is 9.53 Å². The highest BCUT2D eigenvalue weighted by molar-refractivity contribution is 5.79. The quantitative estimate of drug-likeness (QED) is 0.482. The Hall–Kier alpha value is -1.05. The summed E-state index contributed by atoms with van der Waals surface area (Å²) < 4.78 is 5.75. The van der Waals surface area contributed by atoms with E-state index in [1.54, 1.807) is 0 Å². The Morgan fingerprint density at radius 1 is 1.33 bits per heavy atom. The van der Waals surface area contributed by atoms with Crippen molar-refractivity contribution >= 4 is 5.97 Å². The minimum atomic E-state index is -0.319. The van der Waals surface area contributed by atoms with Gasteiger partial charge in [-0.2, -0.15) is 0 Å². The van der Waals surface area contributed by atoms with Crippen LogP contribution >= 0.6 is 0 Å². The minimum Gasteiger partial charge on any atom is -0.457 e. The number of carbonyl (C=O) groups excluding carboxylic acids is 1. The van der Waals surface area contributed by atoms with Gasteiger partial charge in [0, 0.05) is 11.3 Å². The van der Waals surface area contributed by atoms with Crippen LogP contribution in [0.1, 0.15) is 47.0 Å². The lowest BCUT2D eigenvalue weighted by Crippen LogP contribution is -2.40. The molecule has 2 heteroatoms. The average Bonchev–Trinajstić information content (AvgIpc) is 2.49. The normalized spacial score (nSPS) is 41.4. The summed E-state index contributed by atoms with van der Waals surface area (Å²) in [7, 11) is 0. The summed E-state index contributed by atoms with van der Waals surface area (Å²) in [5.74, 6) is 0.339. The molecule has 0 bridgehead atoms. The van der Waals surface area contributed by atoms with E-state index in [1.807, 2.05) is 13.8 Å². The summed E-state index contributed by atoms with van der Waals surface area (Å²) in [5, 5.41) is 0. The van der Waals surface area contributed by atoms with Gasteiger partial charge < -0.3 is 4.74 Å². The van der Waals surface area contributed by atoms with Crippen LogP contribution < -0.4 is 0 Å². The van der Waals surface area contributed by atoms with Gasteiger partial charge in [-0.25, -0.2) is 0 Å². The second-order valence-electron chi connectivity index (χ2n) is 6.91. The molecule has 0 radical (unpaired) electrons. The average molecular weight is 246 g/mol. The maximum atomic E-state index is 12.1. The molecule has 0 amide bonds. The van der Waals surface area contributed by atoms with Gasteiger partial charge in [0.05, 0.1) is 5.41 Å². The van der Waals surface area contributed by atoms with Crippen LogP contribution in [-0.2, 0) is 9.53 Å². The van der Waals surface area contributed by atoms with Gasteiger partial charge in [0.1, 0.15) is 6.10 Å². The minimum absolute atomic E-state index is 0.0170. The van der Waals surface area contributed by atoms with Crippen LogP contribution in [0.3, 0.4) is 0 Å². The van der Waals surface area contributed by atoms with E-state index in [4.69, 9.17) is 4.74 Å². The van der Waals surface area contributed by atoms with Crippen molar-refractivity contribution in [3.8, 4) is 0 Å². The molecule has 3 rings (SSSR count). The molecule has 0 unspecified atom stereocenters. The van der Waals surface area contributed by atoms with Crippen molar-refractivity contribution in [3.05, 3.63) is 23.3 Å². The van der Waals surface area contributed by atoms with Crippen molar-refractivity contribution in [2.24, 2.45) is 16.7 Å². The predicted molar refractivity (Wildman–Crippen MR) is 70.9 cm³/mol. The molecule has 0 aromatic heterocycles. The van der Waals surface area contributed by atoms with Gasteiger partial charge in [-0.15, -0.1) is 0 Å². The van der Waals surface area contributed by atoms with Crippen LogP contribution in [0, 0.1) is 16.7 Å². The number of ether oxygens (including phenoxy) is 1. The highest BCUT2D eigenvalue weighted by atomic mass is 16.6. The Bertz CT molecular complexity index is 469. The monoisotopic (exact) mass is 246 g/mol. The molecule has 98 valence electrons. The Kier molecular flexibility index (Phi) is 2.33. The Balaban J connectivity index is 2.07. The topological polar surface area (TPSA) is 26.3 Å². The lowest BCUT2D eigenvalue weighted by Gasteiger charge is -2.44. The lowest BCUT2D eigenvalue weighted by molar-refractivity contribution is -0.146. The van der Waals surface area contributed by atoms with E-state index in [2.05, 4.69) is 26.0 Å². The van der Waals surface area contributed by atoms with E-state index in [0.717, 1.165) is 19.3 Å². The zero-order valence-corrected chi connectivity index (χ0v) is 11.7. The van der Waals surface area contributed by atoms with Gasteiger partial charge in [-0.05, 0) is 45.6 Å². The molecule has 2 fully saturated rings. The van der Waals surface area contributed by atoms with E-state index in [9.17, 15) is 4.79 Å². The lowest BCUT2D eigenvalue weighted by atomic mass is 9.59. The van der Waals surface area contributed by atoms with Gasteiger partial charge in [0.25, 0.3) is 0 Å². The second-order valence-corrected chi connectivity index (χ2v) is 6.91. The van der Waals surface area contributed by atoms with Crippen molar-refractivity contribution in [2.45, 2.75) is 53.1 Å². The van der Waals surface area contributed by atoms with Gasteiger partial charge >= 0.3 is 5.97 Å². The molecular formula is C16H22O2. The van der Waals surface area contributed by atoms with Gasteiger partial charge in [0.2, 0.25) is 0 Å². The largest absolute Gasteiger partial charge is 0.457 e. The Morgan fingerprint density at radius 2 is 2.06 bits per heavy atom. The van der Waals surface area contributed by atoms with E-state index < -0.39 is 0 Å². The van der Waals surface area contributed by atoms with Crippen molar-refractivity contribution in [3.63, 3.8) is 0 Å². The summed E-state index contributed by atoms with van der Waals surface area (Å²) in [5.41, 5.74) is 2.59. The molecule has 1 aliphatic heterocycles. The third-order valence-electron chi connectivity index (χ3n) is 5.30. The maximum Gasteiger partial charge on any atom is 0.312 e. The number of carbonyl (C=O) groups is 1. The first-order valence-corrected chi connectivity index (χ1v) is 6.95. The SMILES string of the molecule is CC1=C2[C@H]3OC(=O)C(C)(C)[C@@H]3CC[C@@]2(C)C=CC1. The summed E-state index contributed by atoms with van der Waals surface area (Å²) in [6.07, 6.45) is 7.84. The highest BCUT2D eigenvalue weighted by Crippen LogP contribution is 2.56. The van der Waals surface area contributed by atoms with Gasteiger partial charge in [0.15, 0.2) is 0 Å². The molecule has 3 atom stereocenters. The standard InChI is InChI=1S/C16H22O2/c1-10-6-5-8-16(4)9-7-11-13(12(10)16)18-14(17)15(11,2)3/h5,8,11,13H,6-7,9H2,1-4H3/t11-,13+,16-/m1/s1. The molecule has 0 aromatic rings. The fourth-order valence-corrected chi connectivity index (χ4v) is 4.08. The number of allylic oxidation sites excluding steroid dienone is 3. The number of fused-ring (bicyclic) bond motifs is 3. The van der Waals surface area contributed by atoms with Crippen molar-refractivity contribution in [1.82, 2.24) is 0 Å². The maximum absolute atomic E-state index is 12.1. The van der Waals surface area contributed by atoms with Crippen LogP contribution in [0.5, 0.6) is 0 Å². The molecule has 0 aromatic carbocycles. The Morgan fingerprint density at radius 3 is 2.78 bits per heavy atom. The molecule has 18 heavy (non-hydrogen) atoms. The van der Waals surface area contributed by atoms with Crippen molar-refractivity contribution in [2.75, 3.05) is 0 Å². The fourth-order valence-electron chi connectivity index (χ4n) is 4.08. The Labute approximate surface area is 109 Å². The van der Waals surface area contributed by atoms with E-state index in [1.165, 1.54) is 11.1 Å². The summed E-state index contributed by atoms with van der Waals surface area (Å²) in [6.45, 7) is 8.56. The third-order valence-corrected chi connectivity index (χ3v) is 5.30. The number of hydrogen-bond acceptors (Lipinski definition) is 2. The number of esters is 1. The highest BCUT2D eigenvalue weighted by Gasteiger charge is 2.57. The predicted octanol–water partition coefficient (Wildman–Crippen LogP) is 3.63. The molecule has 0 spiro atoms. The first-order valence-electron chi connectivity index (χ1n) is 6.95. The van der Waals surface area contributed by atoms with Crippen LogP contribution in [-0.4, -0.2) is 12.1 Å². The summed E-state index contributed by atoms with van der Waals surface area (Å²) in [6, 6.07) is 0. The zero-order valence-electron chi connectivity index (χ0n) is 11.7. The molecule has 1 heterocycles. The summed E-state index contributed by atoms with van der Waals surface area (Å²) >= 11 is 0. The first-order chi connectivity index (χ1) is 8.36. The van der Waals surface area contributed by atoms with Gasteiger partial charge in [-0.1, -0.05) is 24.6 Å². The van der Waals surface area contributed by atoms with Gasteiger partial charge in [-0.3, -0.25) is 4.79 Å². The van der Waals surface area contributed by atoms with E-state index in [0.29, 0.717) is 5.92 Å². The molecule has 1 saturated heterocycles. The number of hydrogen-bond donors (Lipinski definition) is 0. The number of rotatable bonds is 0. The molecular weight excluding hydrogens is 224 g/mol. The molecule has 0 N–H and O–H groups in total. The molecule has 3 aliphatic rings. The molecule has 2 nitrogen and oxygen atoms in total. The second kappa shape index (κ2) is 3.49. The van der Waals surface area contributed by atoms with Crippen molar-refractivity contribution in [1.29, 1.82) is 0 Å². The smallest absolute Gasteiger partial charge is 0.312 e. The molecule has 2 aliphatic carbocycles. The van der Waals surface area contributed by atoms with Crippen LogP contribution in [0.2, 0.25) is 0 Å². The van der Waals surface area contributed by atoms with Crippen LogP contribution in [0.4, 0.5) is 0 Å². The summed E-state index contributed by atoms with van der Waals surface area (Å²) in [4.78, 5) is 12.1.